The SMILES string of the molecule is O=C(CN1CCN(CCC(=O)NC(c2ccccc2)c2ccccc2)CC1)NC1CC1. The van der Waals surface area contributed by atoms with Crippen LogP contribution in [0.2, 0.25) is 0 Å². The van der Waals surface area contributed by atoms with E-state index in [2.05, 4.69) is 44.7 Å². The Labute approximate surface area is 184 Å². The predicted molar refractivity (Wildman–Crippen MR) is 122 cm³/mol. The van der Waals surface area contributed by atoms with Gasteiger partial charge in [-0.3, -0.25) is 14.5 Å². The summed E-state index contributed by atoms with van der Waals surface area (Å²) in [5, 5.41) is 6.27. The highest BCUT2D eigenvalue weighted by Gasteiger charge is 2.25. The summed E-state index contributed by atoms with van der Waals surface area (Å²) in [5.41, 5.74) is 2.17. The van der Waals surface area contributed by atoms with Gasteiger partial charge in [0, 0.05) is 45.2 Å². The Hall–Kier alpha value is -2.70. The van der Waals surface area contributed by atoms with Crippen LogP contribution in [0.3, 0.4) is 0 Å². The third-order valence-corrected chi connectivity index (χ3v) is 6.00. The molecule has 4 rings (SSSR count). The fourth-order valence-electron chi connectivity index (χ4n) is 4.02. The molecule has 0 radical (unpaired) electrons. The second-order valence-corrected chi connectivity index (χ2v) is 8.53. The molecule has 1 heterocycles. The number of carbonyl (C=O) groups is 2. The molecule has 2 fully saturated rings. The van der Waals surface area contributed by atoms with Gasteiger partial charge in [-0.15, -0.1) is 0 Å². The highest BCUT2D eigenvalue weighted by Crippen LogP contribution is 2.22. The van der Waals surface area contributed by atoms with E-state index in [1.165, 1.54) is 0 Å². The summed E-state index contributed by atoms with van der Waals surface area (Å²) in [6.07, 6.45) is 2.71. The molecule has 1 aliphatic heterocycles. The largest absolute Gasteiger partial charge is 0.352 e. The van der Waals surface area contributed by atoms with Gasteiger partial charge in [0.15, 0.2) is 0 Å². The quantitative estimate of drug-likeness (QED) is 0.653. The van der Waals surface area contributed by atoms with Crippen molar-refractivity contribution in [2.75, 3.05) is 39.3 Å². The molecular weight excluding hydrogens is 388 g/mol. The Morgan fingerprint density at radius 3 is 1.90 bits per heavy atom. The fraction of sp³-hybridized carbons (Fsp3) is 0.440. The smallest absolute Gasteiger partial charge is 0.234 e. The van der Waals surface area contributed by atoms with E-state index < -0.39 is 0 Å². The summed E-state index contributed by atoms with van der Waals surface area (Å²) >= 11 is 0. The lowest BCUT2D eigenvalue weighted by Crippen LogP contribution is -2.50. The lowest BCUT2D eigenvalue weighted by molar-refractivity contribution is -0.122. The van der Waals surface area contributed by atoms with Crippen LogP contribution in [0.5, 0.6) is 0 Å². The van der Waals surface area contributed by atoms with Crippen LogP contribution in [0.25, 0.3) is 0 Å². The lowest BCUT2D eigenvalue weighted by atomic mass is 9.98. The monoisotopic (exact) mass is 420 g/mol. The molecule has 0 aromatic heterocycles. The van der Waals surface area contributed by atoms with E-state index in [1.807, 2.05) is 36.4 Å². The number of amides is 2. The van der Waals surface area contributed by atoms with Crippen LogP contribution >= 0.6 is 0 Å². The molecule has 6 heteroatoms. The normalized spacial score (nSPS) is 17.5. The minimum atomic E-state index is -0.142. The Morgan fingerprint density at radius 1 is 0.806 bits per heavy atom. The van der Waals surface area contributed by atoms with Crippen molar-refractivity contribution in [3.05, 3.63) is 71.8 Å². The average molecular weight is 421 g/mol. The van der Waals surface area contributed by atoms with Gasteiger partial charge in [-0.2, -0.15) is 0 Å². The molecule has 2 amide bonds. The van der Waals surface area contributed by atoms with E-state index in [0.717, 1.165) is 56.7 Å². The summed E-state index contributed by atoms with van der Waals surface area (Å²) in [7, 11) is 0. The van der Waals surface area contributed by atoms with Crippen molar-refractivity contribution in [3.8, 4) is 0 Å². The molecular formula is C25H32N4O2. The molecule has 0 bridgehead atoms. The van der Waals surface area contributed by atoms with Gasteiger partial charge < -0.3 is 15.5 Å². The van der Waals surface area contributed by atoms with Crippen LogP contribution in [0.15, 0.2) is 60.7 Å². The zero-order chi connectivity index (χ0) is 21.5. The first-order valence-corrected chi connectivity index (χ1v) is 11.3. The third kappa shape index (κ3) is 6.64. The maximum absolute atomic E-state index is 12.8. The van der Waals surface area contributed by atoms with Crippen molar-refractivity contribution >= 4 is 11.8 Å². The van der Waals surface area contributed by atoms with Gasteiger partial charge in [0.05, 0.1) is 12.6 Å². The summed E-state index contributed by atoms with van der Waals surface area (Å²) < 4.78 is 0. The second-order valence-electron chi connectivity index (χ2n) is 8.53. The van der Waals surface area contributed by atoms with Gasteiger partial charge in [-0.1, -0.05) is 60.7 Å². The number of hydrogen-bond donors (Lipinski definition) is 2. The van der Waals surface area contributed by atoms with Crippen LogP contribution in [-0.4, -0.2) is 66.9 Å². The molecule has 1 saturated carbocycles. The zero-order valence-electron chi connectivity index (χ0n) is 18.0. The van der Waals surface area contributed by atoms with Crippen LogP contribution < -0.4 is 10.6 Å². The molecule has 2 aromatic carbocycles. The van der Waals surface area contributed by atoms with Crippen molar-refractivity contribution in [3.63, 3.8) is 0 Å². The Kier molecular flexibility index (Phi) is 7.33. The van der Waals surface area contributed by atoms with Crippen molar-refractivity contribution < 1.29 is 9.59 Å². The standard InChI is InChI=1S/C25H32N4O2/c30-23(27-25(20-7-3-1-4-8-20)21-9-5-2-6-10-21)13-14-28-15-17-29(18-16-28)19-24(31)26-22-11-12-22/h1-10,22,25H,11-19H2,(H,26,31)(H,27,30). The molecule has 1 saturated heterocycles. The van der Waals surface area contributed by atoms with Gasteiger partial charge in [-0.25, -0.2) is 0 Å². The first-order valence-electron chi connectivity index (χ1n) is 11.3. The first-order chi connectivity index (χ1) is 15.2. The molecule has 0 atom stereocenters. The average Bonchev–Trinajstić information content (AvgIpc) is 3.62. The van der Waals surface area contributed by atoms with Crippen molar-refractivity contribution in [1.29, 1.82) is 0 Å². The van der Waals surface area contributed by atoms with Crippen molar-refractivity contribution in [2.24, 2.45) is 0 Å². The molecule has 0 spiro atoms. The van der Waals surface area contributed by atoms with Crippen LogP contribution in [0.1, 0.15) is 36.4 Å². The molecule has 0 unspecified atom stereocenters. The fourth-order valence-corrected chi connectivity index (χ4v) is 4.02. The topological polar surface area (TPSA) is 64.7 Å². The Morgan fingerprint density at radius 2 is 1.35 bits per heavy atom. The van der Waals surface area contributed by atoms with E-state index in [9.17, 15) is 9.59 Å². The number of nitrogens with zero attached hydrogens (tertiary/aromatic N) is 2. The van der Waals surface area contributed by atoms with E-state index >= 15 is 0 Å². The molecule has 2 N–H and O–H groups in total. The molecule has 2 aliphatic rings. The number of piperazine rings is 1. The molecule has 31 heavy (non-hydrogen) atoms. The van der Waals surface area contributed by atoms with Crippen LogP contribution in [-0.2, 0) is 9.59 Å². The number of benzene rings is 2. The van der Waals surface area contributed by atoms with Gasteiger partial charge in [0.2, 0.25) is 11.8 Å². The summed E-state index contributed by atoms with van der Waals surface area (Å²) in [6, 6.07) is 20.5. The van der Waals surface area contributed by atoms with Gasteiger partial charge >= 0.3 is 0 Å². The number of hydrogen-bond acceptors (Lipinski definition) is 4. The maximum Gasteiger partial charge on any atom is 0.234 e. The zero-order valence-corrected chi connectivity index (χ0v) is 18.0. The second kappa shape index (κ2) is 10.6. The summed E-state index contributed by atoms with van der Waals surface area (Å²) in [4.78, 5) is 29.3. The highest BCUT2D eigenvalue weighted by molar-refractivity contribution is 5.78. The van der Waals surface area contributed by atoms with Crippen molar-refractivity contribution in [1.82, 2.24) is 20.4 Å². The summed E-state index contributed by atoms with van der Waals surface area (Å²) in [5.74, 6) is 0.201. The third-order valence-electron chi connectivity index (χ3n) is 6.00. The lowest BCUT2D eigenvalue weighted by Gasteiger charge is -2.34. The van der Waals surface area contributed by atoms with Crippen LogP contribution in [0, 0.1) is 0 Å². The number of rotatable bonds is 9. The van der Waals surface area contributed by atoms with Gasteiger partial charge in [0.1, 0.15) is 0 Å². The minimum Gasteiger partial charge on any atom is -0.352 e. The Balaban J connectivity index is 1.23. The number of carbonyl (C=O) groups excluding carboxylic acids is 2. The molecule has 164 valence electrons. The Bertz CT molecular complexity index is 807. The first kappa shape index (κ1) is 21.5. The van der Waals surface area contributed by atoms with E-state index in [1.54, 1.807) is 0 Å². The van der Waals surface area contributed by atoms with E-state index in [0.29, 0.717) is 19.0 Å². The van der Waals surface area contributed by atoms with Gasteiger partial charge in [0.25, 0.3) is 0 Å². The van der Waals surface area contributed by atoms with E-state index in [4.69, 9.17) is 0 Å². The molecule has 6 nitrogen and oxygen atoms in total. The van der Waals surface area contributed by atoms with E-state index in [-0.39, 0.29) is 17.9 Å². The minimum absolute atomic E-state index is 0.0592. The summed E-state index contributed by atoms with van der Waals surface area (Å²) in [6.45, 7) is 4.76. The molecule has 2 aromatic rings. The van der Waals surface area contributed by atoms with Crippen LogP contribution in [0.4, 0.5) is 0 Å². The number of nitrogens with one attached hydrogen (secondary N) is 2. The predicted octanol–water partition coefficient (Wildman–Crippen LogP) is 2.18. The van der Waals surface area contributed by atoms with Gasteiger partial charge in [-0.05, 0) is 24.0 Å². The highest BCUT2D eigenvalue weighted by atomic mass is 16.2. The maximum atomic E-state index is 12.8. The van der Waals surface area contributed by atoms with Crippen molar-refractivity contribution in [2.45, 2.75) is 31.3 Å². The molecule has 1 aliphatic carbocycles.